The molecular formula is C24H25NO3. The first-order valence-corrected chi connectivity index (χ1v) is 9.33. The van der Waals surface area contributed by atoms with Crippen LogP contribution in [0.15, 0.2) is 72.8 Å². The monoisotopic (exact) mass is 375 g/mol. The van der Waals surface area contributed by atoms with Crippen LogP contribution in [0.3, 0.4) is 0 Å². The molecular weight excluding hydrogens is 350 g/mol. The maximum atomic E-state index is 12.6. The minimum atomic E-state index is -0.636. The van der Waals surface area contributed by atoms with E-state index in [0.717, 1.165) is 22.4 Å². The molecule has 4 nitrogen and oxygen atoms in total. The summed E-state index contributed by atoms with van der Waals surface area (Å²) in [5, 5.41) is 2.91. The standard InChI is InChI=1S/C24H25NO3/c1-17-13-14-18(2)23(15-17)28-19(3)24(26)25-21-11-7-8-12-22(21)27-16-20-9-5-4-6-10-20/h4-15,19H,16H2,1-3H3,(H,25,26). The molecule has 1 N–H and O–H groups in total. The predicted octanol–water partition coefficient (Wildman–Crippen LogP) is 5.29. The summed E-state index contributed by atoms with van der Waals surface area (Å²) >= 11 is 0. The van der Waals surface area contributed by atoms with Crippen molar-refractivity contribution in [3.63, 3.8) is 0 Å². The van der Waals surface area contributed by atoms with Gasteiger partial charge in [0.05, 0.1) is 5.69 Å². The molecule has 144 valence electrons. The van der Waals surface area contributed by atoms with Crippen molar-refractivity contribution in [2.45, 2.75) is 33.5 Å². The zero-order valence-electron chi connectivity index (χ0n) is 16.4. The molecule has 0 radical (unpaired) electrons. The van der Waals surface area contributed by atoms with Gasteiger partial charge in [-0.25, -0.2) is 0 Å². The summed E-state index contributed by atoms with van der Waals surface area (Å²) < 4.78 is 11.8. The third kappa shape index (κ3) is 5.13. The Hall–Kier alpha value is -3.27. The van der Waals surface area contributed by atoms with Gasteiger partial charge in [-0.3, -0.25) is 4.79 Å². The van der Waals surface area contributed by atoms with Crippen LogP contribution in [-0.4, -0.2) is 12.0 Å². The summed E-state index contributed by atoms with van der Waals surface area (Å²) in [5.41, 5.74) is 3.78. The van der Waals surface area contributed by atoms with Gasteiger partial charge in [0.2, 0.25) is 0 Å². The Kier molecular flexibility index (Phi) is 6.33. The molecule has 0 spiro atoms. The van der Waals surface area contributed by atoms with E-state index in [2.05, 4.69) is 5.32 Å². The van der Waals surface area contributed by atoms with Gasteiger partial charge in [-0.2, -0.15) is 0 Å². The lowest BCUT2D eigenvalue weighted by Gasteiger charge is -2.18. The highest BCUT2D eigenvalue weighted by Gasteiger charge is 2.17. The molecule has 0 heterocycles. The van der Waals surface area contributed by atoms with Crippen molar-refractivity contribution >= 4 is 11.6 Å². The van der Waals surface area contributed by atoms with E-state index in [4.69, 9.17) is 9.47 Å². The van der Waals surface area contributed by atoms with Gasteiger partial charge in [-0.15, -0.1) is 0 Å². The Morgan fingerprint density at radius 1 is 0.929 bits per heavy atom. The number of amides is 1. The minimum Gasteiger partial charge on any atom is -0.487 e. The lowest BCUT2D eigenvalue weighted by Crippen LogP contribution is -2.30. The molecule has 0 fully saturated rings. The van der Waals surface area contributed by atoms with Gasteiger partial charge >= 0.3 is 0 Å². The first kappa shape index (κ1) is 19.5. The average Bonchev–Trinajstić information content (AvgIpc) is 2.70. The van der Waals surface area contributed by atoms with E-state index in [0.29, 0.717) is 18.0 Å². The summed E-state index contributed by atoms with van der Waals surface area (Å²) in [6.07, 6.45) is -0.636. The fourth-order valence-electron chi connectivity index (χ4n) is 2.74. The smallest absolute Gasteiger partial charge is 0.265 e. The topological polar surface area (TPSA) is 47.6 Å². The molecule has 1 atom stereocenters. The second-order valence-electron chi connectivity index (χ2n) is 6.79. The summed E-state index contributed by atoms with van der Waals surface area (Å²) in [6.45, 7) is 6.14. The quantitative estimate of drug-likeness (QED) is 0.610. The molecule has 0 bridgehead atoms. The van der Waals surface area contributed by atoms with Crippen LogP contribution in [0.4, 0.5) is 5.69 Å². The molecule has 0 aliphatic carbocycles. The molecule has 1 unspecified atom stereocenters. The second kappa shape index (κ2) is 9.09. The third-order valence-electron chi connectivity index (χ3n) is 4.40. The number of hydrogen-bond acceptors (Lipinski definition) is 3. The zero-order chi connectivity index (χ0) is 19.9. The van der Waals surface area contributed by atoms with Crippen LogP contribution < -0.4 is 14.8 Å². The fourth-order valence-corrected chi connectivity index (χ4v) is 2.74. The number of aryl methyl sites for hydroxylation is 2. The second-order valence-corrected chi connectivity index (χ2v) is 6.79. The van der Waals surface area contributed by atoms with E-state index in [-0.39, 0.29) is 5.91 Å². The van der Waals surface area contributed by atoms with Gasteiger partial charge < -0.3 is 14.8 Å². The molecule has 28 heavy (non-hydrogen) atoms. The van der Waals surface area contributed by atoms with Crippen LogP contribution >= 0.6 is 0 Å². The number of anilines is 1. The van der Waals surface area contributed by atoms with Crippen LogP contribution in [0.25, 0.3) is 0 Å². The number of ether oxygens (including phenoxy) is 2. The van der Waals surface area contributed by atoms with Crippen LogP contribution in [0.2, 0.25) is 0 Å². The van der Waals surface area contributed by atoms with Gasteiger partial charge in [-0.05, 0) is 55.7 Å². The Morgan fingerprint density at radius 2 is 1.64 bits per heavy atom. The molecule has 1 amide bonds. The minimum absolute atomic E-state index is 0.225. The van der Waals surface area contributed by atoms with Crippen molar-refractivity contribution in [1.29, 1.82) is 0 Å². The van der Waals surface area contributed by atoms with Gasteiger partial charge in [0, 0.05) is 0 Å². The predicted molar refractivity (Wildman–Crippen MR) is 112 cm³/mol. The molecule has 0 aromatic heterocycles. The number of hydrogen-bond donors (Lipinski definition) is 1. The van der Waals surface area contributed by atoms with E-state index >= 15 is 0 Å². The lowest BCUT2D eigenvalue weighted by molar-refractivity contribution is -0.122. The zero-order valence-corrected chi connectivity index (χ0v) is 16.4. The summed E-state index contributed by atoms with van der Waals surface area (Å²) in [4.78, 5) is 12.6. The van der Waals surface area contributed by atoms with Crippen molar-refractivity contribution < 1.29 is 14.3 Å². The Labute approximate surface area is 166 Å². The number of nitrogens with one attached hydrogen (secondary N) is 1. The normalized spacial score (nSPS) is 11.5. The molecule has 3 aromatic rings. The summed E-state index contributed by atoms with van der Waals surface area (Å²) in [6, 6.07) is 23.3. The summed E-state index contributed by atoms with van der Waals surface area (Å²) in [7, 11) is 0. The van der Waals surface area contributed by atoms with Crippen molar-refractivity contribution in [1.82, 2.24) is 0 Å². The maximum absolute atomic E-state index is 12.6. The largest absolute Gasteiger partial charge is 0.487 e. The first-order chi connectivity index (χ1) is 13.5. The van der Waals surface area contributed by atoms with Crippen molar-refractivity contribution in [3.8, 4) is 11.5 Å². The SMILES string of the molecule is Cc1ccc(C)c(OC(C)C(=O)Nc2ccccc2OCc2ccccc2)c1. The molecule has 0 saturated heterocycles. The maximum Gasteiger partial charge on any atom is 0.265 e. The van der Waals surface area contributed by atoms with Crippen molar-refractivity contribution in [2.24, 2.45) is 0 Å². The first-order valence-electron chi connectivity index (χ1n) is 9.33. The Morgan fingerprint density at radius 3 is 2.43 bits per heavy atom. The molecule has 0 saturated carbocycles. The highest BCUT2D eigenvalue weighted by molar-refractivity contribution is 5.95. The third-order valence-corrected chi connectivity index (χ3v) is 4.40. The van der Waals surface area contributed by atoms with Gasteiger partial charge in [0.25, 0.3) is 5.91 Å². The van der Waals surface area contributed by atoms with Crippen LogP contribution in [0.5, 0.6) is 11.5 Å². The molecule has 4 heteroatoms. The summed E-state index contributed by atoms with van der Waals surface area (Å²) in [5.74, 6) is 1.12. The van der Waals surface area contributed by atoms with Gasteiger partial charge in [-0.1, -0.05) is 54.6 Å². The van der Waals surface area contributed by atoms with E-state index in [9.17, 15) is 4.79 Å². The average molecular weight is 375 g/mol. The molecule has 3 rings (SSSR count). The van der Waals surface area contributed by atoms with E-state index in [1.807, 2.05) is 86.6 Å². The van der Waals surface area contributed by atoms with Crippen molar-refractivity contribution in [3.05, 3.63) is 89.5 Å². The van der Waals surface area contributed by atoms with Gasteiger partial charge in [0.15, 0.2) is 6.10 Å². The van der Waals surface area contributed by atoms with Crippen molar-refractivity contribution in [2.75, 3.05) is 5.32 Å². The van der Waals surface area contributed by atoms with Crippen LogP contribution in [0, 0.1) is 13.8 Å². The number of para-hydroxylation sites is 2. The number of carbonyl (C=O) groups is 1. The van der Waals surface area contributed by atoms with E-state index in [1.54, 1.807) is 6.92 Å². The lowest BCUT2D eigenvalue weighted by atomic mass is 10.1. The van der Waals surface area contributed by atoms with Crippen LogP contribution in [-0.2, 0) is 11.4 Å². The van der Waals surface area contributed by atoms with Gasteiger partial charge in [0.1, 0.15) is 18.1 Å². The number of benzene rings is 3. The Balaban J connectivity index is 1.65. The highest BCUT2D eigenvalue weighted by Crippen LogP contribution is 2.26. The Bertz CT molecular complexity index is 938. The van der Waals surface area contributed by atoms with E-state index < -0.39 is 6.10 Å². The molecule has 0 aliphatic rings. The number of carbonyl (C=O) groups excluding carboxylic acids is 1. The highest BCUT2D eigenvalue weighted by atomic mass is 16.5. The molecule has 3 aromatic carbocycles. The molecule has 0 aliphatic heterocycles. The number of rotatable bonds is 7. The van der Waals surface area contributed by atoms with Crippen LogP contribution in [0.1, 0.15) is 23.6 Å². The van der Waals surface area contributed by atoms with E-state index in [1.165, 1.54) is 0 Å². The fraction of sp³-hybridized carbons (Fsp3) is 0.208.